The molecule has 0 atom stereocenters. The Kier molecular flexibility index (Phi) is 4.08. The number of hydrogen-bond donors (Lipinski definition) is 2. The number of nitrogens with one attached hydrogen (secondary N) is 2. The van der Waals surface area contributed by atoms with Crippen LogP contribution in [0.15, 0.2) is 48.5 Å². The molecular formula is C19H19N3O2. The Hall–Kier alpha value is -3.08. The molecule has 0 saturated carbocycles. The molecule has 0 fully saturated rings. The van der Waals surface area contributed by atoms with Gasteiger partial charge in [-0.1, -0.05) is 18.2 Å². The molecule has 1 heterocycles. The Morgan fingerprint density at radius 2 is 1.67 bits per heavy atom. The molecule has 3 rings (SSSR count). The number of aryl methyl sites for hydroxylation is 2. The van der Waals surface area contributed by atoms with Gasteiger partial charge in [-0.2, -0.15) is 0 Å². The summed E-state index contributed by atoms with van der Waals surface area (Å²) in [5, 5.41) is 6.61. The number of fused-ring (bicyclic) bond motifs is 1. The summed E-state index contributed by atoms with van der Waals surface area (Å²) in [4.78, 5) is 23.7. The lowest BCUT2D eigenvalue weighted by Crippen LogP contribution is -2.15. The molecule has 0 unspecified atom stereocenters. The van der Waals surface area contributed by atoms with Gasteiger partial charge in [-0.05, 0) is 42.8 Å². The van der Waals surface area contributed by atoms with Crippen LogP contribution in [0.4, 0.5) is 11.4 Å². The van der Waals surface area contributed by atoms with Gasteiger partial charge in [-0.15, -0.1) is 0 Å². The highest BCUT2D eigenvalue weighted by molar-refractivity contribution is 6.06. The second kappa shape index (κ2) is 6.20. The van der Waals surface area contributed by atoms with Crippen molar-refractivity contribution in [2.75, 3.05) is 10.6 Å². The number of amides is 2. The number of carbonyl (C=O) groups excluding carboxylic acids is 2. The maximum atomic E-state index is 12.6. The van der Waals surface area contributed by atoms with Gasteiger partial charge in [0.25, 0.3) is 5.91 Å². The fraction of sp³-hybridized carbons (Fsp3) is 0.158. The highest BCUT2D eigenvalue weighted by atomic mass is 16.2. The first kappa shape index (κ1) is 15.8. The van der Waals surface area contributed by atoms with Crippen molar-refractivity contribution in [2.24, 2.45) is 7.05 Å². The molecule has 0 aliphatic carbocycles. The zero-order valence-electron chi connectivity index (χ0n) is 13.9. The fourth-order valence-electron chi connectivity index (χ4n) is 2.73. The molecule has 5 heteroatoms. The SMILES string of the molecule is CC(=O)Nc1cccc(NC(=O)c2cc3ccc(C)cc3n2C)c1. The van der Waals surface area contributed by atoms with Crippen molar-refractivity contribution in [3.05, 3.63) is 59.8 Å². The monoisotopic (exact) mass is 321 g/mol. The van der Waals surface area contributed by atoms with E-state index in [1.165, 1.54) is 6.92 Å². The van der Waals surface area contributed by atoms with E-state index in [0.717, 1.165) is 16.5 Å². The van der Waals surface area contributed by atoms with Crippen LogP contribution in [0, 0.1) is 6.92 Å². The van der Waals surface area contributed by atoms with Crippen LogP contribution in [0.2, 0.25) is 0 Å². The number of benzene rings is 2. The lowest BCUT2D eigenvalue weighted by Gasteiger charge is -2.09. The predicted octanol–water partition coefficient (Wildman–Crippen LogP) is 3.70. The number of rotatable bonds is 3. The average Bonchev–Trinajstić information content (AvgIpc) is 2.84. The second-order valence-corrected chi connectivity index (χ2v) is 5.87. The van der Waals surface area contributed by atoms with Gasteiger partial charge < -0.3 is 15.2 Å². The van der Waals surface area contributed by atoms with Crippen molar-refractivity contribution < 1.29 is 9.59 Å². The first-order valence-corrected chi connectivity index (χ1v) is 7.69. The van der Waals surface area contributed by atoms with Crippen molar-refractivity contribution >= 4 is 34.1 Å². The Bertz CT molecular complexity index is 941. The average molecular weight is 321 g/mol. The fourth-order valence-corrected chi connectivity index (χ4v) is 2.73. The van der Waals surface area contributed by atoms with Crippen LogP contribution in [0.5, 0.6) is 0 Å². The van der Waals surface area contributed by atoms with Crippen LogP contribution in [0.3, 0.4) is 0 Å². The van der Waals surface area contributed by atoms with Crippen molar-refractivity contribution in [1.29, 1.82) is 0 Å². The highest BCUT2D eigenvalue weighted by Gasteiger charge is 2.14. The van der Waals surface area contributed by atoms with Gasteiger partial charge in [0.2, 0.25) is 5.91 Å². The summed E-state index contributed by atoms with van der Waals surface area (Å²) in [6, 6.07) is 15.1. The maximum absolute atomic E-state index is 12.6. The normalized spacial score (nSPS) is 10.6. The third-order valence-electron chi connectivity index (χ3n) is 3.87. The zero-order chi connectivity index (χ0) is 17.3. The van der Waals surface area contributed by atoms with Gasteiger partial charge in [-0.3, -0.25) is 9.59 Å². The summed E-state index contributed by atoms with van der Waals surface area (Å²) in [7, 11) is 1.88. The van der Waals surface area contributed by atoms with Crippen LogP contribution in [0.25, 0.3) is 10.9 Å². The van der Waals surface area contributed by atoms with E-state index in [1.54, 1.807) is 24.3 Å². The number of hydrogen-bond acceptors (Lipinski definition) is 2. The Morgan fingerprint density at radius 1 is 0.958 bits per heavy atom. The van der Waals surface area contributed by atoms with E-state index in [0.29, 0.717) is 17.1 Å². The van der Waals surface area contributed by atoms with Crippen LogP contribution < -0.4 is 10.6 Å². The van der Waals surface area contributed by atoms with Crippen molar-refractivity contribution in [1.82, 2.24) is 4.57 Å². The van der Waals surface area contributed by atoms with E-state index in [4.69, 9.17) is 0 Å². The summed E-state index contributed by atoms with van der Waals surface area (Å²) in [5.41, 5.74) is 4.03. The molecule has 0 radical (unpaired) electrons. The second-order valence-electron chi connectivity index (χ2n) is 5.87. The lowest BCUT2D eigenvalue weighted by atomic mass is 10.2. The van der Waals surface area contributed by atoms with E-state index in [2.05, 4.69) is 16.7 Å². The van der Waals surface area contributed by atoms with Crippen molar-refractivity contribution in [3.63, 3.8) is 0 Å². The summed E-state index contributed by atoms with van der Waals surface area (Å²) in [5.74, 6) is -0.339. The molecule has 0 bridgehead atoms. The van der Waals surface area contributed by atoms with Crippen LogP contribution >= 0.6 is 0 Å². The molecule has 2 amide bonds. The zero-order valence-corrected chi connectivity index (χ0v) is 13.9. The molecule has 0 spiro atoms. The Morgan fingerprint density at radius 3 is 2.38 bits per heavy atom. The minimum Gasteiger partial charge on any atom is -0.340 e. The topological polar surface area (TPSA) is 63.1 Å². The quantitative estimate of drug-likeness (QED) is 0.772. The molecule has 122 valence electrons. The maximum Gasteiger partial charge on any atom is 0.272 e. The molecular weight excluding hydrogens is 302 g/mol. The lowest BCUT2D eigenvalue weighted by molar-refractivity contribution is -0.114. The molecule has 1 aromatic heterocycles. The number of anilines is 2. The Labute approximate surface area is 140 Å². The number of nitrogens with zero attached hydrogens (tertiary/aromatic N) is 1. The first-order valence-electron chi connectivity index (χ1n) is 7.69. The molecule has 2 aromatic carbocycles. The third-order valence-corrected chi connectivity index (χ3v) is 3.87. The largest absolute Gasteiger partial charge is 0.340 e. The van der Waals surface area contributed by atoms with Crippen LogP contribution in [0.1, 0.15) is 23.0 Å². The van der Waals surface area contributed by atoms with Crippen molar-refractivity contribution in [3.8, 4) is 0 Å². The number of aromatic nitrogens is 1. The van der Waals surface area contributed by atoms with Crippen LogP contribution in [-0.2, 0) is 11.8 Å². The van der Waals surface area contributed by atoms with E-state index < -0.39 is 0 Å². The van der Waals surface area contributed by atoms with E-state index in [-0.39, 0.29) is 11.8 Å². The first-order chi connectivity index (χ1) is 11.4. The van der Waals surface area contributed by atoms with Gasteiger partial charge in [0.05, 0.1) is 0 Å². The van der Waals surface area contributed by atoms with Crippen LogP contribution in [-0.4, -0.2) is 16.4 Å². The summed E-state index contributed by atoms with van der Waals surface area (Å²) < 4.78 is 1.88. The molecule has 2 N–H and O–H groups in total. The molecule has 0 aliphatic rings. The molecule has 3 aromatic rings. The summed E-state index contributed by atoms with van der Waals surface area (Å²) in [6.07, 6.45) is 0. The minimum absolute atomic E-state index is 0.150. The highest BCUT2D eigenvalue weighted by Crippen LogP contribution is 2.22. The summed E-state index contributed by atoms with van der Waals surface area (Å²) >= 11 is 0. The predicted molar refractivity (Wildman–Crippen MR) is 96.4 cm³/mol. The molecule has 0 saturated heterocycles. The molecule has 0 aliphatic heterocycles. The van der Waals surface area contributed by atoms with Gasteiger partial charge in [0.1, 0.15) is 5.69 Å². The third kappa shape index (κ3) is 3.15. The van der Waals surface area contributed by atoms with Gasteiger partial charge in [0, 0.05) is 36.2 Å². The summed E-state index contributed by atoms with van der Waals surface area (Å²) in [6.45, 7) is 3.47. The smallest absolute Gasteiger partial charge is 0.272 e. The van der Waals surface area contributed by atoms with Gasteiger partial charge in [-0.25, -0.2) is 0 Å². The van der Waals surface area contributed by atoms with E-state index >= 15 is 0 Å². The number of carbonyl (C=O) groups is 2. The van der Waals surface area contributed by atoms with Crippen molar-refractivity contribution in [2.45, 2.75) is 13.8 Å². The van der Waals surface area contributed by atoms with Gasteiger partial charge in [0.15, 0.2) is 0 Å². The van der Waals surface area contributed by atoms with Gasteiger partial charge >= 0.3 is 0 Å². The van der Waals surface area contributed by atoms with E-state index in [9.17, 15) is 9.59 Å². The molecule has 5 nitrogen and oxygen atoms in total. The molecule has 24 heavy (non-hydrogen) atoms. The minimum atomic E-state index is -0.189. The standard InChI is InChI=1S/C19H19N3O2/c1-12-7-8-14-10-18(22(3)17(14)9-12)19(24)21-16-6-4-5-15(11-16)20-13(2)23/h4-11H,1-3H3,(H,20,23)(H,21,24). The Balaban J connectivity index is 1.87. The van der Waals surface area contributed by atoms with E-state index in [1.807, 2.05) is 36.7 Å².